The number of halogens is 4. The molecular formula is C18H19ClF3N3S. The minimum absolute atomic E-state index is 0.228. The number of hydrogen-bond donors (Lipinski definition) is 2. The summed E-state index contributed by atoms with van der Waals surface area (Å²) >= 11 is 10.7. The van der Waals surface area contributed by atoms with Crippen LogP contribution >= 0.6 is 23.8 Å². The molecule has 140 valence electrons. The Morgan fingerprint density at radius 3 is 2.42 bits per heavy atom. The van der Waals surface area contributed by atoms with E-state index in [1.54, 1.807) is 0 Å². The molecule has 0 unspecified atom stereocenters. The molecule has 2 aromatic rings. The van der Waals surface area contributed by atoms with Gasteiger partial charge in [-0.1, -0.05) is 29.3 Å². The first kappa shape index (κ1) is 20.3. The molecule has 2 N–H and O–H groups in total. The van der Waals surface area contributed by atoms with E-state index < -0.39 is 11.7 Å². The first-order chi connectivity index (χ1) is 12.2. The highest BCUT2D eigenvalue weighted by molar-refractivity contribution is 7.80. The molecule has 2 aromatic carbocycles. The molecule has 3 nitrogen and oxygen atoms in total. The third-order valence-electron chi connectivity index (χ3n) is 3.74. The fourth-order valence-electron chi connectivity index (χ4n) is 2.26. The Balaban J connectivity index is 1.86. The molecule has 0 spiro atoms. The molecular weight excluding hydrogens is 383 g/mol. The van der Waals surface area contributed by atoms with E-state index in [2.05, 4.69) is 15.5 Å². The van der Waals surface area contributed by atoms with Crippen molar-refractivity contribution in [2.24, 2.45) is 0 Å². The Hall–Kier alpha value is -1.99. The number of nitrogens with one attached hydrogen (secondary N) is 2. The van der Waals surface area contributed by atoms with E-state index in [4.69, 9.17) is 23.8 Å². The van der Waals surface area contributed by atoms with Crippen molar-refractivity contribution >= 4 is 40.3 Å². The number of nitrogens with zero attached hydrogens (tertiary/aromatic N) is 1. The van der Waals surface area contributed by atoms with Gasteiger partial charge in [0.25, 0.3) is 0 Å². The Labute approximate surface area is 161 Å². The maximum Gasteiger partial charge on any atom is 0.417 e. The van der Waals surface area contributed by atoms with Crippen molar-refractivity contribution in [3.8, 4) is 0 Å². The lowest BCUT2D eigenvalue weighted by atomic mass is 10.2. The molecule has 0 aliphatic carbocycles. The predicted octanol–water partition coefficient (Wildman–Crippen LogP) is 5.09. The number of benzene rings is 2. The SMILES string of the molecule is Cc1ccc(N(C)CCNC(=S)Nc2ccc(Cl)c(C(F)(F)F)c2)cc1. The lowest BCUT2D eigenvalue weighted by Gasteiger charge is -2.20. The van der Waals surface area contributed by atoms with Crippen LogP contribution in [0.3, 0.4) is 0 Å². The summed E-state index contributed by atoms with van der Waals surface area (Å²) in [6, 6.07) is 11.7. The second-order valence-electron chi connectivity index (χ2n) is 5.83. The van der Waals surface area contributed by atoms with Crippen LogP contribution in [0.15, 0.2) is 42.5 Å². The topological polar surface area (TPSA) is 27.3 Å². The number of alkyl halides is 3. The average Bonchev–Trinajstić information content (AvgIpc) is 2.56. The van der Waals surface area contributed by atoms with E-state index in [1.165, 1.54) is 17.7 Å². The summed E-state index contributed by atoms with van der Waals surface area (Å²) in [6.07, 6.45) is -4.51. The van der Waals surface area contributed by atoms with Gasteiger partial charge < -0.3 is 15.5 Å². The molecule has 0 amide bonds. The molecule has 0 bridgehead atoms. The zero-order valence-corrected chi connectivity index (χ0v) is 15.9. The fourth-order valence-corrected chi connectivity index (χ4v) is 2.71. The van der Waals surface area contributed by atoms with E-state index in [0.29, 0.717) is 13.1 Å². The van der Waals surface area contributed by atoms with Gasteiger partial charge in [-0.25, -0.2) is 0 Å². The summed E-state index contributed by atoms with van der Waals surface area (Å²) < 4.78 is 38.6. The van der Waals surface area contributed by atoms with Gasteiger partial charge in [-0.2, -0.15) is 13.2 Å². The largest absolute Gasteiger partial charge is 0.417 e. The highest BCUT2D eigenvalue weighted by Gasteiger charge is 2.33. The van der Waals surface area contributed by atoms with E-state index in [1.807, 2.05) is 38.2 Å². The smallest absolute Gasteiger partial charge is 0.373 e. The fraction of sp³-hybridized carbons (Fsp3) is 0.278. The second kappa shape index (κ2) is 8.60. The Kier molecular flexibility index (Phi) is 6.72. The van der Waals surface area contributed by atoms with Crippen LogP contribution in [-0.4, -0.2) is 25.2 Å². The van der Waals surface area contributed by atoms with Gasteiger partial charge in [0, 0.05) is 31.5 Å². The minimum atomic E-state index is -4.51. The van der Waals surface area contributed by atoms with Crippen LogP contribution in [0.4, 0.5) is 24.5 Å². The van der Waals surface area contributed by atoms with Gasteiger partial charge in [-0.3, -0.25) is 0 Å². The van der Waals surface area contributed by atoms with Crippen LogP contribution in [0, 0.1) is 6.92 Å². The lowest BCUT2D eigenvalue weighted by Crippen LogP contribution is -2.35. The van der Waals surface area contributed by atoms with Crippen LogP contribution in [0.5, 0.6) is 0 Å². The predicted molar refractivity (Wildman–Crippen MR) is 105 cm³/mol. The Bertz CT molecular complexity index is 763. The van der Waals surface area contributed by atoms with Gasteiger partial charge in [0.05, 0.1) is 10.6 Å². The monoisotopic (exact) mass is 401 g/mol. The van der Waals surface area contributed by atoms with Crippen LogP contribution in [0.25, 0.3) is 0 Å². The van der Waals surface area contributed by atoms with Gasteiger partial charge in [0.15, 0.2) is 5.11 Å². The standard InChI is InChI=1S/C18H19ClF3N3S/c1-12-3-6-14(7-4-12)25(2)10-9-23-17(26)24-13-5-8-16(19)15(11-13)18(20,21)22/h3-8,11H,9-10H2,1-2H3,(H2,23,24,26). The number of hydrogen-bond acceptors (Lipinski definition) is 2. The molecule has 0 aliphatic heterocycles. The van der Waals surface area contributed by atoms with Crippen molar-refractivity contribution in [2.75, 3.05) is 30.4 Å². The van der Waals surface area contributed by atoms with Crippen molar-refractivity contribution in [1.82, 2.24) is 5.32 Å². The first-order valence-corrected chi connectivity index (χ1v) is 8.65. The van der Waals surface area contributed by atoms with E-state index in [-0.39, 0.29) is 15.8 Å². The van der Waals surface area contributed by atoms with Crippen molar-refractivity contribution in [2.45, 2.75) is 13.1 Å². The minimum Gasteiger partial charge on any atom is -0.373 e. The molecule has 8 heteroatoms. The number of likely N-dealkylation sites (N-methyl/N-ethyl adjacent to an activating group) is 1. The van der Waals surface area contributed by atoms with Crippen LogP contribution in [0.1, 0.15) is 11.1 Å². The third kappa shape index (κ3) is 5.78. The van der Waals surface area contributed by atoms with Crippen LogP contribution in [0.2, 0.25) is 5.02 Å². The van der Waals surface area contributed by atoms with Gasteiger partial charge in [-0.05, 0) is 49.5 Å². The van der Waals surface area contributed by atoms with E-state index in [9.17, 15) is 13.2 Å². The number of anilines is 2. The molecule has 0 atom stereocenters. The summed E-state index contributed by atoms with van der Waals surface area (Å²) in [5, 5.41) is 5.63. The van der Waals surface area contributed by atoms with Crippen LogP contribution < -0.4 is 15.5 Å². The van der Waals surface area contributed by atoms with Crippen LogP contribution in [-0.2, 0) is 6.18 Å². The highest BCUT2D eigenvalue weighted by Crippen LogP contribution is 2.36. The molecule has 0 radical (unpaired) electrons. The number of rotatable bonds is 5. The first-order valence-electron chi connectivity index (χ1n) is 7.86. The lowest BCUT2D eigenvalue weighted by molar-refractivity contribution is -0.137. The number of thiocarbonyl (C=S) groups is 1. The summed E-state index contributed by atoms with van der Waals surface area (Å²) in [5.74, 6) is 0. The molecule has 0 aromatic heterocycles. The maximum absolute atomic E-state index is 12.9. The maximum atomic E-state index is 12.9. The zero-order valence-electron chi connectivity index (χ0n) is 14.3. The van der Waals surface area contributed by atoms with Crippen molar-refractivity contribution in [3.05, 3.63) is 58.6 Å². The quantitative estimate of drug-likeness (QED) is 0.682. The molecule has 0 saturated carbocycles. The van der Waals surface area contributed by atoms with Gasteiger partial charge in [0.2, 0.25) is 0 Å². The Morgan fingerprint density at radius 2 is 1.81 bits per heavy atom. The normalized spacial score (nSPS) is 11.2. The number of aryl methyl sites for hydroxylation is 1. The molecule has 0 heterocycles. The van der Waals surface area contributed by atoms with Crippen molar-refractivity contribution < 1.29 is 13.2 Å². The third-order valence-corrected chi connectivity index (χ3v) is 4.31. The molecule has 0 aliphatic rings. The molecule has 0 saturated heterocycles. The summed E-state index contributed by atoms with van der Waals surface area (Å²) in [6.45, 7) is 3.24. The summed E-state index contributed by atoms with van der Waals surface area (Å²) in [5.41, 5.74) is 1.59. The van der Waals surface area contributed by atoms with Crippen molar-refractivity contribution in [3.63, 3.8) is 0 Å². The van der Waals surface area contributed by atoms with E-state index >= 15 is 0 Å². The summed E-state index contributed by atoms with van der Waals surface area (Å²) in [7, 11) is 1.96. The van der Waals surface area contributed by atoms with Gasteiger partial charge >= 0.3 is 6.18 Å². The van der Waals surface area contributed by atoms with E-state index in [0.717, 1.165) is 11.8 Å². The van der Waals surface area contributed by atoms with Gasteiger partial charge in [0.1, 0.15) is 0 Å². The van der Waals surface area contributed by atoms with Gasteiger partial charge in [-0.15, -0.1) is 0 Å². The zero-order chi connectivity index (χ0) is 19.3. The Morgan fingerprint density at radius 1 is 1.15 bits per heavy atom. The van der Waals surface area contributed by atoms with Crippen molar-refractivity contribution in [1.29, 1.82) is 0 Å². The molecule has 26 heavy (non-hydrogen) atoms. The average molecular weight is 402 g/mol. The second-order valence-corrected chi connectivity index (χ2v) is 6.65. The molecule has 2 rings (SSSR count). The summed E-state index contributed by atoms with van der Waals surface area (Å²) in [4.78, 5) is 2.05. The highest BCUT2D eigenvalue weighted by atomic mass is 35.5. The molecule has 0 fully saturated rings.